The van der Waals surface area contributed by atoms with E-state index in [1.165, 1.54) is 30.5 Å². The van der Waals surface area contributed by atoms with Crippen molar-refractivity contribution in [3.63, 3.8) is 0 Å². The van der Waals surface area contributed by atoms with Gasteiger partial charge in [0.2, 0.25) is 0 Å². The van der Waals surface area contributed by atoms with Gasteiger partial charge in [-0.05, 0) is 56.6 Å². The predicted octanol–water partition coefficient (Wildman–Crippen LogP) is 2.68. The van der Waals surface area contributed by atoms with Crippen molar-refractivity contribution in [2.24, 2.45) is 5.92 Å². The lowest BCUT2D eigenvalue weighted by Gasteiger charge is -2.27. The number of rotatable bonds is 4. The van der Waals surface area contributed by atoms with Crippen LogP contribution in [0.5, 0.6) is 0 Å². The van der Waals surface area contributed by atoms with Crippen LogP contribution in [0.3, 0.4) is 0 Å². The zero-order valence-corrected chi connectivity index (χ0v) is 11.7. The van der Waals surface area contributed by atoms with Crippen molar-refractivity contribution in [1.29, 1.82) is 0 Å². The summed E-state index contributed by atoms with van der Waals surface area (Å²) in [7, 11) is 2.14. The van der Waals surface area contributed by atoms with E-state index in [0.717, 1.165) is 32.1 Å². The highest BCUT2D eigenvalue weighted by atomic mass is 35.5. The number of hydrogen-bond donors (Lipinski definition) is 1. The Morgan fingerprint density at radius 2 is 2.06 bits per heavy atom. The van der Waals surface area contributed by atoms with E-state index in [4.69, 9.17) is 0 Å². The average molecular weight is 273 g/mol. The van der Waals surface area contributed by atoms with Gasteiger partial charge in [-0.2, -0.15) is 0 Å². The van der Waals surface area contributed by atoms with Gasteiger partial charge in [-0.1, -0.05) is 12.1 Å². The summed E-state index contributed by atoms with van der Waals surface area (Å²) in [6.07, 6.45) is 2.61. The third-order valence-electron chi connectivity index (χ3n) is 3.33. The molecule has 1 saturated heterocycles. The maximum Gasteiger partial charge on any atom is 0.123 e. The van der Waals surface area contributed by atoms with Crippen LogP contribution in [0.2, 0.25) is 0 Å². The third-order valence-corrected chi connectivity index (χ3v) is 3.33. The molecule has 1 N–H and O–H groups in total. The molecule has 2 rings (SSSR count). The van der Waals surface area contributed by atoms with Crippen LogP contribution in [0.4, 0.5) is 4.39 Å². The lowest BCUT2D eigenvalue weighted by Crippen LogP contribution is -2.36. The van der Waals surface area contributed by atoms with Crippen molar-refractivity contribution in [2.75, 3.05) is 26.7 Å². The summed E-state index contributed by atoms with van der Waals surface area (Å²) in [5.74, 6) is 0.599. The Hall–Kier alpha value is -0.640. The highest BCUT2D eigenvalue weighted by Crippen LogP contribution is 2.13. The highest BCUT2D eigenvalue weighted by molar-refractivity contribution is 5.85. The minimum atomic E-state index is -0.159. The molecule has 2 nitrogen and oxygen atoms in total. The van der Waals surface area contributed by atoms with Gasteiger partial charge in [-0.15, -0.1) is 12.4 Å². The molecule has 18 heavy (non-hydrogen) atoms. The molecule has 0 saturated carbocycles. The molecule has 0 amide bonds. The topological polar surface area (TPSA) is 15.3 Å². The second kappa shape index (κ2) is 7.72. The fraction of sp³-hybridized carbons (Fsp3) is 0.571. The molecule has 1 aromatic rings. The van der Waals surface area contributed by atoms with Crippen LogP contribution in [0, 0.1) is 11.7 Å². The minimum absolute atomic E-state index is 0. The van der Waals surface area contributed by atoms with Crippen LogP contribution in [-0.4, -0.2) is 31.6 Å². The van der Waals surface area contributed by atoms with Crippen molar-refractivity contribution in [3.8, 4) is 0 Å². The first kappa shape index (κ1) is 15.4. The standard InChI is InChI=1S/C14H21FN2.ClH/c1-17(11-13-3-2-8-16-9-13)10-12-4-6-14(15)7-5-12;/h4-7,13,16H,2-3,8-11H2,1H3;1H. The summed E-state index contributed by atoms with van der Waals surface area (Å²) < 4.78 is 12.8. The molecule has 0 radical (unpaired) electrons. The summed E-state index contributed by atoms with van der Waals surface area (Å²) in [5, 5.41) is 3.44. The zero-order chi connectivity index (χ0) is 12.1. The number of hydrogen-bond acceptors (Lipinski definition) is 2. The van der Waals surface area contributed by atoms with Crippen molar-refractivity contribution in [1.82, 2.24) is 10.2 Å². The van der Waals surface area contributed by atoms with Crippen molar-refractivity contribution < 1.29 is 4.39 Å². The van der Waals surface area contributed by atoms with Gasteiger partial charge in [0, 0.05) is 13.1 Å². The van der Waals surface area contributed by atoms with E-state index >= 15 is 0 Å². The fourth-order valence-corrected chi connectivity index (χ4v) is 2.49. The third kappa shape index (κ3) is 4.92. The second-order valence-electron chi connectivity index (χ2n) is 5.04. The fourth-order valence-electron chi connectivity index (χ4n) is 2.49. The summed E-state index contributed by atoms with van der Waals surface area (Å²) in [4.78, 5) is 2.32. The molecule has 0 bridgehead atoms. The first-order valence-corrected chi connectivity index (χ1v) is 6.38. The quantitative estimate of drug-likeness (QED) is 0.907. The van der Waals surface area contributed by atoms with E-state index in [2.05, 4.69) is 17.3 Å². The van der Waals surface area contributed by atoms with Crippen LogP contribution >= 0.6 is 12.4 Å². The molecule has 4 heteroatoms. The Balaban J connectivity index is 0.00000162. The SMILES string of the molecule is CN(Cc1ccc(F)cc1)CC1CCCNC1.Cl. The van der Waals surface area contributed by atoms with Crippen LogP contribution < -0.4 is 5.32 Å². The number of nitrogens with zero attached hydrogens (tertiary/aromatic N) is 1. The van der Waals surface area contributed by atoms with E-state index in [9.17, 15) is 4.39 Å². The van der Waals surface area contributed by atoms with Crippen LogP contribution in [-0.2, 0) is 6.54 Å². The molecule has 1 aliphatic rings. The minimum Gasteiger partial charge on any atom is -0.316 e. The van der Waals surface area contributed by atoms with E-state index in [0.29, 0.717) is 0 Å². The van der Waals surface area contributed by atoms with Crippen molar-refractivity contribution in [3.05, 3.63) is 35.6 Å². The van der Waals surface area contributed by atoms with Gasteiger partial charge in [-0.3, -0.25) is 0 Å². The molecule has 1 atom stereocenters. The van der Waals surface area contributed by atoms with E-state index in [1.807, 2.05) is 12.1 Å². The molecule has 0 spiro atoms. The molecule has 1 aromatic carbocycles. The summed E-state index contributed by atoms with van der Waals surface area (Å²) in [5.41, 5.74) is 1.18. The van der Waals surface area contributed by atoms with Gasteiger partial charge in [0.1, 0.15) is 5.82 Å². The average Bonchev–Trinajstić information content (AvgIpc) is 2.33. The lowest BCUT2D eigenvalue weighted by atomic mass is 9.99. The first-order valence-electron chi connectivity index (χ1n) is 6.38. The Morgan fingerprint density at radius 3 is 2.67 bits per heavy atom. The Bertz CT molecular complexity index is 336. The molecule has 1 aliphatic heterocycles. The van der Waals surface area contributed by atoms with E-state index < -0.39 is 0 Å². The number of benzene rings is 1. The molecule has 0 aromatic heterocycles. The van der Waals surface area contributed by atoms with Gasteiger partial charge >= 0.3 is 0 Å². The molecule has 1 fully saturated rings. The highest BCUT2D eigenvalue weighted by Gasteiger charge is 2.14. The Labute approximate surface area is 115 Å². The zero-order valence-electron chi connectivity index (χ0n) is 10.9. The Morgan fingerprint density at radius 1 is 1.33 bits per heavy atom. The molecule has 0 aliphatic carbocycles. The van der Waals surface area contributed by atoms with Crippen LogP contribution in [0.15, 0.2) is 24.3 Å². The maximum atomic E-state index is 12.8. The number of halogens is 2. The second-order valence-corrected chi connectivity index (χ2v) is 5.04. The summed E-state index contributed by atoms with van der Waals surface area (Å²) in [6.45, 7) is 4.31. The normalized spacial score (nSPS) is 19.6. The van der Waals surface area contributed by atoms with Gasteiger partial charge < -0.3 is 10.2 Å². The largest absolute Gasteiger partial charge is 0.316 e. The lowest BCUT2D eigenvalue weighted by molar-refractivity contribution is 0.237. The number of nitrogens with one attached hydrogen (secondary N) is 1. The smallest absolute Gasteiger partial charge is 0.123 e. The summed E-state index contributed by atoms with van der Waals surface area (Å²) in [6, 6.07) is 6.80. The molecular weight excluding hydrogens is 251 g/mol. The van der Waals surface area contributed by atoms with Crippen LogP contribution in [0.1, 0.15) is 18.4 Å². The molecular formula is C14H22ClFN2. The monoisotopic (exact) mass is 272 g/mol. The van der Waals surface area contributed by atoms with Crippen LogP contribution in [0.25, 0.3) is 0 Å². The molecule has 102 valence electrons. The number of piperidine rings is 1. The van der Waals surface area contributed by atoms with Crippen molar-refractivity contribution in [2.45, 2.75) is 19.4 Å². The van der Waals surface area contributed by atoms with Crippen molar-refractivity contribution >= 4 is 12.4 Å². The van der Waals surface area contributed by atoms with Gasteiger partial charge in [0.15, 0.2) is 0 Å². The molecule has 1 heterocycles. The van der Waals surface area contributed by atoms with E-state index in [1.54, 1.807) is 0 Å². The maximum absolute atomic E-state index is 12.8. The first-order chi connectivity index (χ1) is 8.24. The Kier molecular flexibility index (Phi) is 6.61. The van der Waals surface area contributed by atoms with Gasteiger partial charge in [-0.25, -0.2) is 4.39 Å². The summed E-state index contributed by atoms with van der Waals surface area (Å²) >= 11 is 0. The van der Waals surface area contributed by atoms with Gasteiger partial charge in [0.05, 0.1) is 0 Å². The molecule has 1 unspecified atom stereocenters. The van der Waals surface area contributed by atoms with E-state index in [-0.39, 0.29) is 18.2 Å². The predicted molar refractivity (Wildman–Crippen MR) is 75.6 cm³/mol. The van der Waals surface area contributed by atoms with Gasteiger partial charge in [0.25, 0.3) is 0 Å².